The maximum Gasteiger partial charge on any atom is 0.0620 e. The monoisotopic (exact) mass is 268 g/mol. The number of piperidine rings is 2. The first-order valence-corrected chi connectivity index (χ1v) is 8.17. The van der Waals surface area contributed by atoms with Crippen molar-refractivity contribution in [3.8, 4) is 0 Å². The van der Waals surface area contributed by atoms with Gasteiger partial charge in [0, 0.05) is 31.3 Å². The first kappa shape index (κ1) is 15.3. The van der Waals surface area contributed by atoms with Gasteiger partial charge in [-0.2, -0.15) is 0 Å². The Morgan fingerprint density at radius 3 is 2.32 bits per heavy atom. The molecule has 2 rings (SSSR count). The van der Waals surface area contributed by atoms with Gasteiger partial charge >= 0.3 is 0 Å². The first-order valence-electron chi connectivity index (χ1n) is 8.17. The second kappa shape index (κ2) is 7.05. The summed E-state index contributed by atoms with van der Waals surface area (Å²) in [6, 6.07) is 2.90. The topological polar surface area (TPSA) is 24.5 Å². The van der Waals surface area contributed by atoms with E-state index >= 15 is 0 Å². The Balaban J connectivity index is 2.07. The van der Waals surface area contributed by atoms with Crippen LogP contribution in [-0.2, 0) is 4.74 Å². The van der Waals surface area contributed by atoms with Gasteiger partial charge in [-0.05, 0) is 38.1 Å². The Hall–Kier alpha value is -0.120. The van der Waals surface area contributed by atoms with Crippen LogP contribution in [0, 0.1) is 5.92 Å². The van der Waals surface area contributed by atoms with Crippen molar-refractivity contribution >= 4 is 0 Å². The highest BCUT2D eigenvalue weighted by atomic mass is 16.5. The average molecular weight is 268 g/mol. The van der Waals surface area contributed by atoms with Crippen molar-refractivity contribution in [2.24, 2.45) is 5.92 Å². The van der Waals surface area contributed by atoms with E-state index in [1.165, 1.54) is 32.1 Å². The highest BCUT2D eigenvalue weighted by Crippen LogP contribution is 2.37. The number of methoxy groups -OCH3 is 1. The molecule has 2 fully saturated rings. The number of nitrogens with zero attached hydrogens (tertiary/aromatic N) is 1. The molecule has 2 heterocycles. The largest absolute Gasteiger partial charge is 0.383 e. The molecule has 0 aliphatic carbocycles. The molecule has 2 aliphatic heterocycles. The van der Waals surface area contributed by atoms with E-state index in [9.17, 15) is 0 Å². The number of nitrogens with one attached hydrogen (secondary N) is 1. The van der Waals surface area contributed by atoms with Gasteiger partial charge in [0.05, 0.1) is 6.61 Å². The highest BCUT2D eigenvalue weighted by Gasteiger charge is 2.41. The lowest BCUT2D eigenvalue weighted by atomic mass is 9.79. The molecule has 3 nitrogen and oxygen atoms in total. The lowest BCUT2D eigenvalue weighted by molar-refractivity contribution is -0.0497. The first-order chi connectivity index (χ1) is 9.17. The molecule has 0 radical (unpaired) electrons. The third-order valence-electron chi connectivity index (χ3n) is 5.01. The summed E-state index contributed by atoms with van der Waals surface area (Å²) in [5.41, 5.74) is 0. The van der Waals surface area contributed by atoms with Crippen molar-refractivity contribution in [3.63, 3.8) is 0 Å². The summed E-state index contributed by atoms with van der Waals surface area (Å²) < 4.78 is 5.50. The molecule has 0 amide bonds. The Bertz CT molecular complexity index is 255. The van der Waals surface area contributed by atoms with E-state index in [0.29, 0.717) is 12.0 Å². The zero-order valence-corrected chi connectivity index (χ0v) is 13.2. The summed E-state index contributed by atoms with van der Waals surface area (Å²) in [5, 5.41) is 3.68. The maximum absolute atomic E-state index is 5.50. The number of rotatable bonds is 6. The van der Waals surface area contributed by atoms with Gasteiger partial charge in [0.2, 0.25) is 0 Å². The smallest absolute Gasteiger partial charge is 0.0620 e. The van der Waals surface area contributed by atoms with Crippen LogP contribution in [0.1, 0.15) is 52.9 Å². The minimum absolute atomic E-state index is 0.600. The van der Waals surface area contributed by atoms with Crippen molar-refractivity contribution in [3.05, 3.63) is 0 Å². The minimum atomic E-state index is 0.600. The molecule has 0 aromatic rings. The number of hydrogen-bond donors (Lipinski definition) is 1. The zero-order chi connectivity index (χ0) is 13.8. The third kappa shape index (κ3) is 3.50. The SMILES string of the molecule is CCNC1CC2CCCC(C1)N2C(COC)C(C)C. The molecule has 112 valence electrons. The van der Waals surface area contributed by atoms with E-state index in [1.807, 2.05) is 7.11 Å². The normalized spacial score (nSPS) is 33.6. The van der Waals surface area contributed by atoms with E-state index in [4.69, 9.17) is 4.74 Å². The van der Waals surface area contributed by atoms with Crippen LogP contribution in [0.3, 0.4) is 0 Å². The van der Waals surface area contributed by atoms with E-state index in [-0.39, 0.29) is 0 Å². The van der Waals surface area contributed by atoms with Crippen molar-refractivity contribution < 1.29 is 4.74 Å². The van der Waals surface area contributed by atoms with Crippen LogP contribution >= 0.6 is 0 Å². The summed E-state index contributed by atoms with van der Waals surface area (Å²) in [7, 11) is 1.84. The maximum atomic E-state index is 5.50. The lowest BCUT2D eigenvalue weighted by Crippen LogP contribution is -2.61. The Labute approximate surface area is 119 Å². The second-order valence-electron chi connectivity index (χ2n) is 6.68. The Morgan fingerprint density at radius 2 is 1.84 bits per heavy atom. The van der Waals surface area contributed by atoms with Crippen LogP contribution in [0.5, 0.6) is 0 Å². The van der Waals surface area contributed by atoms with Gasteiger partial charge in [0.15, 0.2) is 0 Å². The molecule has 0 aromatic heterocycles. The average Bonchev–Trinajstić information content (AvgIpc) is 2.35. The summed E-state index contributed by atoms with van der Waals surface area (Å²) >= 11 is 0. The van der Waals surface area contributed by atoms with Crippen molar-refractivity contribution in [2.75, 3.05) is 20.3 Å². The molecule has 2 bridgehead atoms. The van der Waals surface area contributed by atoms with Crippen LogP contribution in [0.2, 0.25) is 0 Å². The number of fused-ring (bicyclic) bond motifs is 2. The molecule has 3 heteroatoms. The molecular formula is C16H32N2O. The summed E-state index contributed by atoms with van der Waals surface area (Å²) in [5.74, 6) is 0.679. The standard InChI is InChI=1S/C16H32N2O/c1-5-17-13-9-14-7-6-8-15(10-13)18(14)16(11-19-4)12(2)3/h12-17H,5-11H2,1-4H3. The fourth-order valence-corrected chi connectivity index (χ4v) is 4.21. The molecule has 0 saturated carbocycles. The van der Waals surface area contributed by atoms with Gasteiger partial charge in [-0.25, -0.2) is 0 Å². The molecule has 1 N–H and O–H groups in total. The van der Waals surface area contributed by atoms with Crippen LogP contribution < -0.4 is 5.32 Å². The van der Waals surface area contributed by atoms with Crippen LogP contribution in [0.25, 0.3) is 0 Å². The van der Waals surface area contributed by atoms with Gasteiger partial charge < -0.3 is 10.1 Å². The number of hydrogen-bond acceptors (Lipinski definition) is 3. The molecular weight excluding hydrogens is 236 g/mol. The summed E-state index contributed by atoms with van der Waals surface area (Å²) in [4.78, 5) is 2.82. The van der Waals surface area contributed by atoms with E-state index in [0.717, 1.165) is 31.3 Å². The van der Waals surface area contributed by atoms with Gasteiger partial charge in [-0.3, -0.25) is 4.90 Å². The van der Waals surface area contributed by atoms with Crippen LogP contribution in [-0.4, -0.2) is 49.3 Å². The third-order valence-corrected chi connectivity index (χ3v) is 5.01. The zero-order valence-electron chi connectivity index (χ0n) is 13.2. The van der Waals surface area contributed by atoms with Gasteiger partial charge in [-0.15, -0.1) is 0 Å². The lowest BCUT2D eigenvalue weighted by Gasteiger charge is -2.53. The quantitative estimate of drug-likeness (QED) is 0.801. The minimum Gasteiger partial charge on any atom is -0.383 e. The molecule has 2 aliphatic rings. The Morgan fingerprint density at radius 1 is 1.21 bits per heavy atom. The Kier molecular flexibility index (Phi) is 5.67. The number of ether oxygens (including phenoxy) is 1. The summed E-state index contributed by atoms with van der Waals surface area (Å²) in [6.45, 7) is 8.90. The van der Waals surface area contributed by atoms with Crippen LogP contribution in [0.15, 0.2) is 0 Å². The van der Waals surface area contributed by atoms with E-state index in [1.54, 1.807) is 0 Å². The fraction of sp³-hybridized carbons (Fsp3) is 1.00. The predicted octanol–water partition coefficient (Wildman–Crippen LogP) is 2.65. The predicted molar refractivity (Wildman–Crippen MR) is 80.5 cm³/mol. The van der Waals surface area contributed by atoms with E-state index < -0.39 is 0 Å². The van der Waals surface area contributed by atoms with Gasteiger partial charge in [0.1, 0.15) is 0 Å². The summed E-state index contributed by atoms with van der Waals surface area (Å²) in [6.07, 6.45) is 6.84. The van der Waals surface area contributed by atoms with Crippen molar-refractivity contribution in [2.45, 2.75) is 77.0 Å². The molecule has 0 aromatic carbocycles. The van der Waals surface area contributed by atoms with Crippen molar-refractivity contribution in [1.82, 2.24) is 10.2 Å². The molecule has 19 heavy (non-hydrogen) atoms. The van der Waals surface area contributed by atoms with Gasteiger partial charge in [0.25, 0.3) is 0 Å². The molecule has 0 spiro atoms. The molecule has 3 atom stereocenters. The second-order valence-corrected chi connectivity index (χ2v) is 6.68. The van der Waals surface area contributed by atoms with Crippen molar-refractivity contribution in [1.29, 1.82) is 0 Å². The fourth-order valence-electron chi connectivity index (χ4n) is 4.21. The molecule has 3 unspecified atom stereocenters. The highest BCUT2D eigenvalue weighted by molar-refractivity contribution is 4.98. The molecule has 2 saturated heterocycles. The van der Waals surface area contributed by atoms with E-state index in [2.05, 4.69) is 31.0 Å². The van der Waals surface area contributed by atoms with Gasteiger partial charge in [-0.1, -0.05) is 27.2 Å². The van der Waals surface area contributed by atoms with Crippen LogP contribution in [0.4, 0.5) is 0 Å².